The van der Waals surface area contributed by atoms with E-state index in [0.29, 0.717) is 6.54 Å². The summed E-state index contributed by atoms with van der Waals surface area (Å²) in [5, 5.41) is 10.1. The van der Waals surface area contributed by atoms with Crippen molar-refractivity contribution in [3.8, 4) is 0 Å². The van der Waals surface area contributed by atoms with Gasteiger partial charge in [-0.3, -0.25) is 10.3 Å². The number of hydrogen-bond donors (Lipinski definition) is 1. The molecule has 0 spiro atoms. The van der Waals surface area contributed by atoms with E-state index >= 15 is 0 Å². The standard InChI is InChI=1S/C6H11NO2/c1-5-3-7(8)4-6(2)9-5/h3,6,8H,4H2,1-2H3. The van der Waals surface area contributed by atoms with Crippen molar-refractivity contribution in [2.45, 2.75) is 20.0 Å². The van der Waals surface area contributed by atoms with Crippen molar-refractivity contribution in [3.05, 3.63) is 12.0 Å². The second kappa shape index (κ2) is 2.27. The molecular formula is C6H11NO2. The van der Waals surface area contributed by atoms with Crippen LogP contribution in [0, 0.1) is 0 Å². The molecule has 3 nitrogen and oxygen atoms in total. The van der Waals surface area contributed by atoms with E-state index in [0.717, 1.165) is 10.8 Å². The van der Waals surface area contributed by atoms with Crippen molar-refractivity contribution in [1.29, 1.82) is 0 Å². The van der Waals surface area contributed by atoms with Gasteiger partial charge in [0, 0.05) is 0 Å². The highest BCUT2D eigenvalue weighted by Gasteiger charge is 2.12. The van der Waals surface area contributed by atoms with Crippen LogP contribution in [-0.4, -0.2) is 22.9 Å². The maximum absolute atomic E-state index is 8.93. The first-order chi connectivity index (χ1) is 4.18. The zero-order valence-electron chi connectivity index (χ0n) is 5.66. The van der Waals surface area contributed by atoms with Gasteiger partial charge < -0.3 is 4.74 Å². The van der Waals surface area contributed by atoms with Crippen LogP contribution in [-0.2, 0) is 4.74 Å². The Kier molecular flexibility index (Phi) is 1.62. The summed E-state index contributed by atoms with van der Waals surface area (Å²) in [5.74, 6) is 0.760. The van der Waals surface area contributed by atoms with Gasteiger partial charge >= 0.3 is 0 Å². The van der Waals surface area contributed by atoms with Gasteiger partial charge in [-0.15, -0.1) is 0 Å². The third kappa shape index (κ3) is 1.61. The van der Waals surface area contributed by atoms with Crippen LogP contribution < -0.4 is 0 Å². The first kappa shape index (κ1) is 6.42. The van der Waals surface area contributed by atoms with E-state index in [4.69, 9.17) is 9.94 Å². The molecule has 1 heterocycles. The van der Waals surface area contributed by atoms with Gasteiger partial charge in [-0.05, 0) is 13.8 Å². The fourth-order valence-corrected chi connectivity index (χ4v) is 0.911. The molecule has 0 aromatic rings. The number of rotatable bonds is 0. The van der Waals surface area contributed by atoms with E-state index in [9.17, 15) is 0 Å². The van der Waals surface area contributed by atoms with E-state index in [-0.39, 0.29) is 6.10 Å². The van der Waals surface area contributed by atoms with E-state index < -0.39 is 0 Å². The van der Waals surface area contributed by atoms with Crippen LogP contribution in [0.4, 0.5) is 0 Å². The molecule has 1 aliphatic rings. The Morgan fingerprint density at radius 1 is 1.89 bits per heavy atom. The molecule has 52 valence electrons. The van der Waals surface area contributed by atoms with Crippen molar-refractivity contribution in [1.82, 2.24) is 5.06 Å². The summed E-state index contributed by atoms with van der Waals surface area (Å²) < 4.78 is 5.22. The average molecular weight is 129 g/mol. The molecule has 0 amide bonds. The summed E-state index contributed by atoms with van der Waals surface area (Å²) in [6, 6.07) is 0. The van der Waals surface area contributed by atoms with Crippen LogP contribution in [0.15, 0.2) is 12.0 Å². The zero-order chi connectivity index (χ0) is 6.85. The van der Waals surface area contributed by atoms with Gasteiger partial charge in [0.15, 0.2) is 0 Å². The van der Waals surface area contributed by atoms with Gasteiger partial charge in [-0.25, -0.2) is 0 Å². The quantitative estimate of drug-likeness (QED) is 0.528. The minimum atomic E-state index is 0.0972. The van der Waals surface area contributed by atoms with Crippen molar-refractivity contribution in [3.63, 3.8) is 0 Å². The number of allylic oxidation sites excluding steroid dienone is 1. The second-order valence-corrected chi connectivity index (χ2v) is 2.29. The Labute approximate surface area is 54.5 Å². The van der Waals surface area contributed by atoms with Crippen LogP contribution in [0.3, 0.4) is 0 Å². The third-order valence-electron chi connectivity index (χ3n) is 1.16. The summed E-state index contributed by atoms with van der Waals surface area (Å²) in [6.07, 6.45) is 1.67. The Hall–Kier alpha value is -0.700. The molecule has 1 aliphatic heterocycles. The fraction of sp³-hybridized carbons (Fsp3) is 0.667. The summed E-state index contributed by atoms with van der Waals surface area (Å²) in [6.45, 7) is 4.29. The lowest BCUT2D eigenvalue weighted by molar-refractivity contribution is -0.0927. The Morgan fingerprint density at radius 2 is 2.56 bits per heavy atom. The predicted octanol–water partition coefficient (Wildman–Crippen LogP) is 0.958. The van der Waals surface area contributed by atoms with E-state index in [1.807, 2.05) is 13.8 Å². The molecule has 0 aliphatic carbocycles. The largest absolute Gasteiger partial charge is 0.492 e. The highest BCUT2D eigenvalue weighted by molar-refractivity contribution is 4.90. The first-order valence-electron chi connectivity index (χ1n) is 2.99. The monoisotopic (exact) mass is 129 g/mol. The average Bonchev–Trinajstić information content (AvgIpc) is 1.59. The molecule has 0 aromatic carbocycles. The number of ether oxygens (including phenoxy) is 1. The van der Waals surface area contributed by atoms with Gasteiger partial charge in [0.05, 0.1) is 12.7 Å². The molecular weight excluding hydrogens is 118 g/mol. The minimum Gasteiger partial charge on any atom is -0.492 e. The number of nitrogens with zero attached hydrogens (tertiary/aromatic N) is 1. The molecule has 3 heteroatoms. The zero-order valence-corrected chi connectivity index (χ0v) is 5.66. The molecule has 0 saturated heterocycles. The van der Waals surface area contributed by atoms with Gasteiger partial charge in [-0.2, -0.15) is 0 Å². The van der Waals surface area contributed by atoms with Crippen molar-refractivity contribution in [2.75, 3.05) is 6.54 Å². The molecule has 0 bridgehead atoms. The van der Waals surface area contributed by atoms with Crippen LogP contribution in [0.25, 0.3) is 0 Å². The molecule has 1 atom stereocenters. The van der Waals surface area contributed by atoms with E-state index in [2.05, 4.69) is 0 Å². The van der Waals surface area contributed by atoms with Gasteiger partial charge in [0.25, 0.3) is 0 Å². The van der Waals surface area contributed by atoms with E-state index in [1.165, 1.54) is 0 Å². The summed E-state index contributed by atoms with van der Waals surface area (Å²) in [7, 11) is 0. The number of hydroxylamine groups is 2. The highest BCUT2D eigenvalue weighted by atomic mass is 16.5. The smallest absolute Gasteiger partial charge is 0.115 e. The molecule has 9 heavy (non-hydrogen) atoms. The lowest BCUT2D eigenvalue weighted by Crippen LogP contribution is -2.30. The molecule has 0 aromatic heterocycles. The van der Waals surface area contributed by atoms with Crippen LogP contribution in [0.2, 0.25) is 0 Å². The van der Waals surface area contributed by atoms with E-state index in [1.54, 1.807) is 6.20 Å². The van der Waals surface area contributed by atoms with Crippen molar-refractivity contribution >= 4 is 0 Å². The van der Waals surface area contributed by atoms with Crippen molar-refractivity contribution < 1.29 is 9.94 Å². The molecule has 0 radical (unpaired) electrons. The lowest BCUT2D eigenvalue weighted by atomic mass is 10.3. The lowest BCUT2D eigenvalue weighted by Gasteiger charge is -2.25. The highest BCUT2D eigenvalue weighted by Crippen LogP contribution is 2.09. The fourth-order valence-electron chi connectivity index (χ4n) is 0.911. The minimum absolute atomic E-state index is 0.0972. The summed E-state index contributed by atoms with van der Waals surface area (Å²) >= 11 is 0. The predicted molar refractivity (Wildman–Crippen MR) is 32.8 cm³/mol. The molecule has 1 unspecified atom stereocenters. The SMILES string of the molecule is CC1=CN(O)CC(C)O1. The topological polar surface area (TPSA) is 32.7 Å². The van der Waals surface area contributed by atoms with Gasteiger partial charge in [-0.1, -0.05) is 0 Å². The maximum Gasteiger partial charge on any atom is 0.115 e. The molecule has 1 N–H and O–H groups in total. The Morgan fingerprint density at radius 3 is 3.00 bits per heavy atom. The number of hydrogen-bond acceptors (Lipinski definition) is 3. The van der Waals surface area contributed by atoms with Crippen LogP contribution in [0.5, 0.6) is 0 Å². The Balaban J connectivity index is 2.56. The summed E-state index contributed by atoms with van der Waals surface area (Å²) in [5.41, 5.74) is 0. The first-order valence-corrected chi connectivity index (χ1v) is 2.99. The van der Waals surface area contributed by atoms with Crippen LogP contribution >= 0.6 is 0 Å². The van der Waals surface area contributed by atoms with Crippen molar-refractivity contribution in [2.24, 2.45) is 0 Å². The summed E-state index contributed by atoms with van der Waals surface area (Å²) in [4.78, 5) is 0. The van der Waals surface area contributed by atoms with Crippen LogP contribution in [0.1, 0.15) is 13.8 Å². The molecule has 0 fully saturated rings. The second-order valence-electron chi connectivity index (χ2n) is 2.29. The molecule has 1 rings (SSSR count). The third-order valence-corrected chi connectivity index (χ3v) is 1.16. The molecule has 0 saturated carbocycles. The Bertz CT molecular complexity index is 133. The maximum atomic E-state index is 8.93. The van der Waals surface area contributed by atoms with Gasteiger partial charge in [0.2, 0.25) is 0 Å². The van der Waals surface area contributed by atoms with Gasteiger partial charge in [0.1, 0.15) is 11.9 Å². The normalized spacial score (nSPS) is 27.2.